The van der Waals surface area contributed by atoms with E-state index in [9.17, 15) is 14.9 Å². The Bertz CT molecular complexity index is 541. The summed E-state index contributed by atoms with van der Waals surface area (Å²) in [5, 5.41) is 10.9. The maximum atomic E-state index is 12.3. The average Bonchev–Trinajstić information content (AvgIpc) is 2.48. The summed E-state index contributed by atoms with van der Waals surface area (Å²) in [5.74, 6) is 0.157. The number of hydrogen-bond donors (Lipinski definition) is 0. The molecule has 0 unspecified atom stereocenters. The Morgan fingerprint density at radius 3 is 2.68 bits per heavy atom. The fourth-order valence-electron chi connectivity index (χ4n) is 1.99. The lowest BCUT2D eigenvalue weighted by Gasteiger charge is -2.22. The predicted octanol–water partition coefficient (Wildman–Crippen LogP) is 2.74. The largest absolute Gasteiger partial charge is 0.383 e. The van der Waals surface area contributed by atoms with Gasteiger partial charge in [-0.15, -0.1) is 0 Å². The molecule has 0 saturated heterocycles. The number of methoxy groups -OCH3 is 1. The zero-order chi connectivity index (χ0) is 16.5. The molecule has 1 aromatic carbocycles. The number of nitro benzene ring substituents is 1. The number of hydrogen-bond acceptors (Lipinski definition) is 4. The highest BCUT2D eigenvalue weighted by Crippen LogP contribution is 2.19. The molecule has 0 bridgehead atoms. The second kappa shape index (κ2) is 8.94. The van der Waals surface area contributed by atoms with Gasteiger partial charge < -0.3 is 9.64 Å². The van der Waals surface area contributed by atoms with Gasteiger partial charge in [0.1, 0.15) is 0 Å². The number of para-hydroxylation sites is 1. The Hall–Kier alpha value is -2.21. The molecule has 6 heteroatoms. The predicted molar refractivity (Wildman–Crippen MR) is 85.4 cm³/mol. The third kappa shape index (κ3) is 5.65. The Morgan fingerprint density at radius 2 is 2.09 bits per heavy atom. The van der Waals surface area contributed by atoms with Gasteiger partial charge in [-0.3, -0.25) is 14.9 Å². The first-order valence-corrected chi connectivity index (χ1v) is 7.15. The number of nitro groups is 1. The molecule has 0 heterocycles. The van der Waals surface area contributed by atoms with Crippen molar-refractivity contribution in [3.8, 4) is 0 Å². The van der Waals surface area contributed by atoms with Gasteiger partial charge in [0.25, 0.3) is 5.69 Å². The van der Waals surface area contributed by atoms with Gasteiger partial charge in [-0.25, -0.2) is 0 Å². The summed E-state index contributed by atoms with van der Waals surface area (Å²) in [5.41, 5.74) is 0.399. The molecular formula is C16H22N2O4. The fourth-order valence-corrected chi connectivity index (χ4v) is 1.99. The monoisotopic (exact) mass is 306 g/mol. The standard InChI is InChI=1S/C16H22N2O4/c1-13(2)12-17(10-11-22-3)16(19)9-8-14-6-4-5-7-15(14)18(20)21/h4-9,13H,10-12H2,1-3H3/b9-8+. The van der Waals surface area contributed by atoms with E-state index in [-0.39, 0.29) is 11.6 Å². The highest BCUT2D eigenvalue weighted by atomic mass is 16.6. The van der Waals surface area contributed by atoms with Crippen LogP contribution in [0.15, 0.2) is 30.3 Å². The lowest BCUT2D eigenvalue weighted by atomic mass is 10.1. The van der Waals surface area contributed by atoms with Crippen LogP contribution in [0.3, 0.4) is 0 Å². The molecule has 1 amide bonds. The summed E-state index contributed by atoms with van der Waals surface area (Å²) < 4.78 is 5.01. The van der Waals surface area contributed by atoms with Crippen LogP contribution in [-0.4, -0.2) is 42.5 Å². The summed E-state index contributed by atoms with van der Waals surface area (Å²) in [7, 11) is 1.58. The maximum Gasteiger partial charge on any atom is 0.276 e. The van der Waals surface area contributed by atoms with Crippen LogP contribution in [0.4, 0.5) is 5.69 Å². The second-order valence-corrected chi connectivity index (χ2v) is 5.32. The number of benzene rings is 1. The third-order valence-corrected chi connectivity index (χ3v) is 3.00. The van der Waals surface area contributed by atoms with Gasteiger partial charge in [0.2, 0.25) is 5.91 Å². The molecule has 0 N–H and O–H groups in total. The van der Waals surface area contributed by atoms with Crippen LogP contribution in [0.2, 0.25) is 0 Å². The van der Waals surface area contributed by atoms with Gasteiger partial charge in [0.05, 0.1) is 17.1 Å². The summed E-state index contributed by atoms with van der Waals surface area (Å²) in [4.78, 5) is 24.4. The molecule has 1 rings (SSSR count). The van der Waals surface area contributed by atoms with E-state index in [0.717, 1.165) is 0 Å². The molecule has 0 aliphatic carbocycles. The summed E-state index contributed by atoms with van der Waals surface area (Å²) >= 11 is 0. The van der Waals surface area contributed by atoms with Gasteiger partial charge in [-0.05, 0) is 18.1 Å². The molecule has 0 atom stereocenters. The minimum Gasteiger partial charge on any atom is -0.383 e. The Kier molecular flexibility index (Phi) is 7.25. The maximum absolute atomic E-state index is 12.3. The van der Waals surface area contributed by atoms with Crippen LogP contribution >= 0.6 is 0 Å². The first-order chi connectivity index (χ1) is 10.5. The van der Waals surface area contributed by atoms with Crippen molar-refractivity contribution >= 4 is 17.7 Å². The minimum absolute atomic E-state index is 0.0150. The van der Waals surface area contributed by atoms with Gasteiger partial charge in [0, 0.05) is 32.3 Å². The minimum atomic E-state index is -0.457. The van der Waals surface area contributed by atoms with Crippen LogP contribution < -0.4 is 0 Å². The second-order valence-electron chi connectivity index (χ2n) is 5.32. The SMILES string of the molecule is COCCN(CC(C)C)C(=O)/C=C/c1ccccc1[N+](=O)[O-]. The zero-order valence-electron chi connectivity index (χ0n) is 13.2. The van der Waals surface area contributed by atoms with Gasteiger partial charge in [-0.1, -0.05) is 26.0 Å². The van der Waals surface area contributed by atoms with Gasteiger partial charge >= 0.3 is 0 Å². The number of carbonyl (C=O) groups excluding carboxylic acids is 1. The molecule has 120 valence electrons. The number of rotatable bonds is 8. The van der Waals surface area contributed by atoms with E-state index in [1.807, 2.05) is 13.8 Å². The van der Waals surface area contributed by atoms with Crippen molar-refractivity contribution in [2.45, 2.75) is 13.8 Å². The molecule has 0 aliphatic heterocycles. The van der Waals surface area contributed by atoms with Crippen molar-refractivity contribution in [2.24, 2.45) is 5.92 Å². The lowest BCUT2D eigenvalue weighted by Crippen LogP contribution is -2.35. The topological polar surface area (TPSA) is 72.7 Å². The summed E-state index contributed by atoms with van der Waals surface area (Å²) in [6, 6.07) is 6.33. The summed E-state index contributed by atoms with van der Waals surface area (Å²) in [6.45, 7) is 5.62. The Labute approximate surface area is 130 Å². The molecule has 0 aromatic heterocycles. The van der Waals surface area contributed by atoms with E-state index in [1.165, 1.54) is 18.2 Å². The van der Waals surface area contributed by atoms with E-state index in [4.69, 9.17) is 4.74 Å². The van der Waals surface area contributed by atoms with Gasteiger partial charge in [-0.2, -0.15) is 0 Å². The molecule has 0 spiro atoms. The van der Waals surface area contributed by atoms with Crippen LogP contribution in [0.1, 0.15) is 19.4 Å². The van der Waals surface area contributed by atoms with Crippen molar-refractivity contribution in [1.29, 1.82) is 0 Å². The van der Waals surface area contributed by atoms with Crippen molar-refractivity contribution < 1.29 is 14.5 Å². The normalized spacial score (nSPS) is 11.1. The zero-order valence-corrected chi connectivity index (χ0v) is 13.2. The molecular weight excluding hydrogens is 284 g/mol. The molecule has 0 saturated carbocycles. The Balaban J connectivity index is 2.86. The number of carbonyl (C=O) groups is 1. The molecule has 1 aromatic rings. The van der Waals surface area contributed by atoms with Crippen molar-refractivity contribution in [3.63, 3.8) is 0 Å². The van der Waals surface area contributed by atoms with Crippen molar-refractivity contribution in [1.82, 2.24) is 4.90 Å². The average molecular weight is 306 g/mol. The first kappa shape index (κ1) is 17.8. The quantitative estimate of drug-likeness (QED) is 0.420. The molecule has 6 nitrogen and oxygen atoms in total. The van der Waals surface area contributed by atoms with Crippen LogP contribution in [0, 0.1) is 16.0 Å². The Morgan fingerprint density at radius 1 is 1.41 bits per heavy atom. The number of nitrogens with zero attached hydrogens (tertiary/aromatic N) is 2. The lowest BCUT2D eigenvalue weighted by molar-refractivity contribution is -0.385. The van der Waals surface area contributed by atoms with E-state index in [2.05, 4.69) is 0 Å². The molecule has 0 radical (unpaired) electrons. The van der Waals surface area contributed by atoms with E-state index in [1.54, 1.807) is 30.2 Å². The molecule has 0 fully saturated rings. The molecule has 0 aliphatic rings. The third-order valence-electron chi connectivity index (χ3n) is 3.00. The first-order valence-electron chi connectivity index (χ1n) is 7.15. The van der Waals surface area contributed by atoms with E-state index >= 15 is 0 Å². The number of amides is 1. The van der Waals surface area contributed by atoms with E-state index in [0.29, 0.717) is 31.2 Å². The molecule has 22 heavy (non-hydrogen) atoms. The van der Waals surface area contributed by atoms with Crippen molar-refractivity contribution in [3.05, 3.63) is 46.0 Å². The number of ether oxygens (including phenoxy) is 1. The van der Waals surface area contributed by atoms with Crippen LogP contribution in [-0.2, 0) is 9.53 Å². The van der Waals surface area contributed by atoms with E-state index < -0.39 is 4.92 Å². The highest BCUT2D eigenvalue weighted by molar-refractivity contribution is 5.92. The highest BCUT2D eigenvalue weighted by Gasteiger charge is 2.14. The summed E-state index contributed by atoms with van der Waals surface area (Å²) in [6.07, 6.45) is 2.86. The smallest absolute Gasteiger partial charge is 0.276 e. The van der Waals surface area contributed by atoms with Crippen molar-refractivity contribution in [2.75, 3.05) is 26.8 Å². The van der Waals surface area contributed by atoms with Gasteiger partial charge in [0.15, 0.2) is 0 Å². The van der Waals surface area contributed by atoms with Crippen LogP contribution in [0.25, 0.3) is 6.08 Å². The van der Waals surface area contributed by atoms with Crippen LogP contribution in [0.5, 0.6) is 0 Å². The fraction of sp³-hybridized carbons (Fsp3) is 0.438.